The zero-order valence-corrected chi connectivity index (χ0v) is 14.5. The summed E-state index contributed by atoms with van der Waals surface area (Å²) in [6.45, 7) is 9.62. The van der Waals surface area contributed by atoms with Crippen LogP contribution in [0, 0.1) is 5.92 Å². The lowest BCUT2D eigenvalue weighted by Gasteiger charge is -2.17. The van der Waals surface area contributed by atoms with Crippen molar-refractivity contribution in [3.8, 4) is 11.5 Å². The first-order valence-corrected chi connectivity index (χ1v) is 8.10. The third-order valence-electron chi connectivity index (χ3n) is 2.95. The summed E-state index contributed by atoms with van der Waals surface area (Å²) in [5.74, 6) is 2.06. The molecule has 1 rings (SSSR count). The van der Waals surface area contributed by atoms with E-state index in [-0.39, 0.29) is 6.04 Å². The first-order valence-electron chi connectivity index (χ1n) is 7.31. The number of ether oxygens (including phenoxy) is 2. The van der Waals surface area contributed by atoms with Crippen molar-refractivity contribution in [2.75, 3.05) is 13.2 Å². The van der Waals surface area contributed by atoms with Gasteiger partial charge in [0.25, 0.3) is 0 Å². The van der Waals surface area contributed by atoms with Crippen molar-refractivity contribution >= 4 is 15.9 Å². The minimum Gasteiger partial charge on any atom is -0.490 e. The largest absolute Gasteiger partial charge is 0.490 e. The molecule has 0 aromatic heterocycles. The molecule has 4 heteroatoms. The van der Waals surface area contributed by atoms with Crippen LogP contribution in [-0.4, -0.2) is 19.3 Å². The van der Waals surface area contributed by atoms with Gasteiger partial charge in [0, 0.05) is 6.04 Å². The number of hydrogen-bond acceptors (Lipinski definition) is 3. The maximum atomic E-state index is 6.03. The van der Waals surface area contributed by atoms with Gasteiger partial charge in [0.2, 0.25) is 0 Å². The van der Waals surface area contributed by atoms with Crippen molar-refractivity contribution in [3.63, 3.8) is 0 Å². The molecule has 2 N–H and O–H groups in total. The van der Waals surface area contributed by atoms with Crippen molar-refractivity contribution in [1.29, 1.82) is 0 Å². The summed E-state index contributed by atoms with van der Waals surface area (Å²) < 4.78 is 12.5. The zero-order valence-electron chi connectivity index (χ0n) is 12.9. The fourth-order valence-electron chi connectivity index (χ4n) is 1.84. The zero-order chi connectivity index (χ0) is 15.1. The highest BCUT2D eigenvalue weighted by atomic mass is 79.9. The van der Waals surface area contributed by atoms with Crippen LogP contribution >= 0.6 is 15.9 Å². The normalized spacial score (nSPS) is 12.6. The lowest BCUT2D eigenvalue weighted by atomic mass is 10.0. The van der Waals surface area contributed by atoms with Gasteiger partial charge in [-0.3, -0.25) is 0 Å². The summed E-state index contributed by atoms with van der Waals surface area (Å²) in [5, 5.41) is 0. The van der Waals surface area contributed by atoms with Gasteiger partial charge in [-0.15, -0.1) is 0 Å². The maximum Gasteiger partial charge on any atom is 0.175 e. The third kappa shape index (κ3) is 5.33. The van der Waals surface area contributed by atoms with E-state index in [1.165, 1.54) is 5.56 Å². The molecular formula is C16H26BrNO2. The van der Waals surface area contributed by atoms with Crippen molar-refractivity contribution in [2.45, 2.75) is 46.6 Å². The highest BCUT2D eigenvalue weighted by Crippen LogP contribution is 2.37. The van der Waals surface area contributed by atoms with Gasteiger partial charge >= 0.3 is 0 Å². The van der Waals surface area contributed by atoms with Crippen molar-refractivity contribution in [1.82, 2.24) is 0 Å². The Balaban J connectivity index is 2.98. The summed E-state index contributed by atoms with van der Waals surface area (Å²) >= 11 is 3.58. The lowest BCUT2D eigenvalue weighted by Crippen LogP contribution is -2.21. The van der Waals surface area contributed by atoms with Crippen LogP contribution in [0.25, 0.3) is 0 Å². The standard InChI is InChI=1S/C16H26BrNO2/c1-5-13(18)7-12-8-14(17)16(20-10-11(3)4)15(9-12)19-6-2/h8-9,11,13H,5-7,10,18H2,1-4H3. The molecule has 0 aliphatic heterocycles. The molecule has 0 spiro atoms. The molecule has 1 unspecified atom stereocenters. The van der Waals surface area contributed by atoms with Crippen LogP contribution in [-0.2, 0) is 6.42 Å². The average molecular weight is 344 g/mol. The Morgan fingerprint density at radius 3 is 2.45 bits per heavy atom. The van der Waals surface area contributed by atoms with Crippen molar-refractivity contribution in [2.24, 2.45) is 11.7 Å². The summed E-state index contributed by atoms with van der Waals surface area (Å²) in [5.41, 5.74) is 7.20. The molecule has 1 atom stereocenters. The fourth-order valence-corrected chi connectivity index (χ4v) is 2.44. The highest BCUT2D eigenvalue weighted by molar-refractivity contribution is 9.10. The topological polar surface area (TPSA) is 44.5 Å². The predicted molar refractivity (Wildman–Crippen MR) is 87.6 cm³/mol. The minimum atomic E-state index is 0.179. The number of halogens is 1. The Kier molecular flexibility index (Phi) is 7.38. The van der Waals surface area contributed by atoms with E-state index in [0.29, 0.717) is 19.1 Å². The van der Waals surface area contributed by atoms with Gasteiger partial charge in [-0.05, 0) is 59.3 Å². The number of hydrogen-bond donors (Lipinski definition) is 1. The molecule has 0 saturated heterocycles. The molecule has 114 valence electrons. The first kappa shape index (κ1) is 17.3. The van der Waals surface area contributed by atoms with Crippen LogP contribution in [0.3, 0.4) is 0 Å². The molecule has 0 radical (unpaired) electrons. The van der Waals surface area contributed by atoms with E-state index in [9.17, 15) is 0 Å². The van der Waals surface area contributed by atoms with E-state index in [0.717, 1.165) is 28.8 Å². The van der Waals surface area contributed by atoms with E-state index in [1.54, 1.807) is 0 Å². The molecule has 20 heavy (non-hydrogen) atoms. The van der Waals surface area contributed by atoms with Crippen molar-refractivity contribution < 1.29 is 9.47 Å². The molecule has 0 aliphatic carbocycles. The first-order chi connectivity index (χ1) is 9.47. The van der Waals surface area contributed by atoms with Crippen LogP contribution in [0.2, 0.25) is 0 Å². The van der Waals surface area contributed by atoms with Crippen LogP contribution < -0.4 is 15.2 Å². The predicted octanol–water partition coefficient (Wildman–Crippen LogP) is 4.16. The molecule has 0 heterocycles. The van der Waals surface area contributed by atoms with Gasteiger partial charge in [0.1, 0.15) is 0 Å². The van der Waals surface area contributed by atoms with E-state index >= 15 is 0 Å². The summed E-state index contributed by atoms with van der Waals surface area (Å²) in [4.78, 5) is 0. The lowest BCUT2D eigenvalue weighted by molar-refractivity contribution is 0.246. The Hall–Kier alpha value is -0.740. The Morgan fingerprint density at radius 1 is 1.20 bits per heavy atom. The molecule has 0 aliphatic rings. The van der Waals surface area contributed by atoms with Gasteiger partial charge < -0.3 is 15.2 Å². The van der Waals surface area contributed by atoms with Crippen LogP contribution in [0.4, 0.5) is 0 Å². The quantitative estimate of drug-likeness (QED) is 0.770. The molecular weight excluding hydrogens is 318 g/mol. The van der Waals surface area contributed by atoms with Gasteiger partial charge in [0.15, 0.2) is 11.5 Å². The number of nitrogens with two attached hydrogens (primary N) is 1. The third-order valence-corrected chi connectivity index (χ3v) is 3.54. The van der Waals surface area contributed by atoms with Crippen molar-refractivity contribution in [3.05, 3.63) is 22.2 Å². The van der Waals surface area contributed by atoms with Crippen LogP contribution in [0.5, 0.6) is 11.5 Å². The van der Waals surface area contributed by atoms with E-state index in [1.807, 2.05) is 13.0 Å². The second-order valence-electron chi connectivity index (χ2n) is 5.42. The molecule has 1 aromatic carbocycles. The molecule has 1 aromatic rings. The second kappa shape index (κ2) is 8.53. The summed E-state index contributed by atoms with van der Waals surface area (Å²) in [6.07, 6.45) is 1.81. The maximum absolute atomic E-state index is 6.03. The Labute approximate surface area is 131 Å². The van der Waals surface area contributed by atoms with Crippen LogP contribution in [0.15, 0.2) is 16.6 Å². The van der Waals surface area contributed by atoms with Crippen LogP contribution in [0.1, 0.15) is 39.7 Å². The smallest absolute Gasteiger partial charge is 0.175 e. The molecule has 0 bridgehead atoms. The monoisotopic (exact) mass is 343 g/mol. The van der Waals surface area contributed by atoms with Gasteiger partial charge in [0.05, 0.1) is 17.7 Å². The van der Waals surface area contributed by atoms with E-state index < -0.39 is 0 Å². The van der Waals surface area contributed by atoms with E-state index in [4.69, 9.17) is 15.2 Å². The molecule has 3 nitrogen and oxygen atoms in total. The van der Waals surface area contributed by atoms with Gasteiger partial charge in [-0.2, -0.15) is 0 Å². The summed E-state index contributed by atoms with van der Waals surface area (Å²) in [7, 11) is 0. The average Bonchev–Trinajstić information content (AvgIpc) is 2.37. The fraction of sp³-hybridized carbons (Fsp3) is 0.625. The minimum absolute atomic E-state index is 0.179. The molecule has 0 fully saturated rings. The van der Waals surface area contributed by atoms with E-state index in [2.05, 4.69) is 42.8 Å². The summed E-state index contributed by atoms with van der Waals surface area (Å²) in [6, 6.07) is 4.30. The highest BCUT2D eigenvalue weighted by Gasteiger charge is 2.14. The molecule has 0 amide bonds. The number of benzene rings is 1. The van der Waals surface area contributed by atoms with Gasteiger partial charge in [-0.25, -0.2) is 0 Å². The SMILES string of the molecule is CCOc1cc(CC(N)CC)cc(Br)c1OCC(C)C. The molecule has 0 saturated carbocycles. The Bertz CT molecular complexity index is 421. The Morgan fingerprint density at radius 2 is 1.90 bits per heavy atom. The second-order valence-corrected chi connectivity index (χ2v) is 6.27. The van der Waals surface area contributed by atoms with Gasteiger partial charge in [-0.1, -0.05) is 20.8 Å². The number of rotatable bonds is 8.